The van der Waals surface area contributed by atoms with Crippen molar-refractivity contribution in [2.24, 2.45) is 5.10 Å². The van der Waals surface area contributed by atoms with Gasteiger partial charge in [0.05, 0.1) is 29.7 Å². The molecule has 1 heterocycles. The Kier molecular flexibility index (Phi) is 7.24. The molecule has 0 atom stereocenters. The predicted molar refractivity (Wildman–Crippen MR) is 131 cm³/mol. The van der Waals surface area contributed by atoms with Crippen LogP contribution in [0.5, 0.6) is 11.5 Å². The summed E-state index contributed by atoms with van der Waals surface area (Å²) < 4.78 is 7.25. The average molecular weight is 475 g/mol. The summed E-state index contributed by atoms with van der Waals surface area (Å²) in [6, 6.07) is 22.4. The number of methoxy groups -OCH3 is 1. The van der Waals surface area contributed by atoms with Gasteiger partial charge in [-0.1, -0.05) is 29.8 Å². The Morgan fingerprint density at radius 1 is 1.18 bits per heavy atom. The van der Waals surface area contributed by atoms with E-state index in [4.69, 9.17) is 4.74 Å². The van der Waals surface area contributed by atoms with Crippen molar-refractivity contribution in [1.82, 2.24) is 15.6 Å². The van der Waals surface area contributed by atoms with Gasteiger partial charge in [-0.3, -0.25) is 4.79 Å². The molecule has 0 saturated carbocycles. The van der Waals surface area contributed by atoms with Gasteiger partial charge < -0.3 is 9.84 Å². The van der Waals surface area contributed by atoms with Gasteiger partial charge in [0.15, 0.2) is 0 Å². The van der Waals surface area contributed by atoms with Crippen molar-refractivity contribution in [3.8, 4) is 28.6 Å². The number of phenols is 1. The molecule has 0 fully saturated rings. The molecule has 34 heavy (non-hydrogen) atoms. The summed E-state index contributed by atoms with van der Waals surface area (Å²) >= 11 is 1.29. The summed E-state index contributed by atoms with van der Waals surface area (Å²) in [4.78, 5) is 12.4. The number of amides is 1. The van der Waals surface area contributed by atoms with E-state index in [1.807, 2.05) is 60.0 Å². The van der Waals surface area contributed by atoms with E-state index in [-0.39, 0.29) is 17.4 Å². The quantitative estimate of drug-likeness (QED) is 0.157. The molecule has 0 aliphatic carbocycles. The van der Waals surface area contributed by atoms with E-state index in [2.05, 4.69) is 20.7 Å². The van der Waals surface area contributed by atoms with E-state index in [0.29, 0.717) is 10.7 Å². The standard InChI is InChI=1S/C25H23N5O3S/c1-17-6-8-19(9-7-17)24-28-29-25(30(24)20-10-12-22(33-2)13-11-20)34-16-23(32)27-26-15-18-4-3-5-21(31)14-18/h3-15H,16H2,1-2H3,(H2,27,31,32)/p+1/b26-15+. The Morgan fingerprint density at radius 3 is 2.65 bits per heavy atom. The molecule has 0 saturated heterocycles. The molecular formula is C25H24N5O3S+. The highest BCUT2D eigenvalue weighted by atomic mass is 32.2. The zero-order valence-electron chi connectivity index (χ0n) is 18.7. The summed E-state index contributed by atoms with van der Waals surface area (Å²) in [6.45, 7) is 2.04. The van der Waals surface area contributed by atoms with Crippen LogP contribution in [0.4, 0.5) is 0 Å². The Bertz CT molecular complexity index is 1300. The van der Waals surface area contributed by atoms with Crippen LogP contribution in [0.3, 0.4) is 0 Å². The molecule has 0 spiro atoms. The maximum Gasteiger partial charge on any atom is 0.342 e. The third kappa shape index (κ3) is 5.62. The zero-order valence-corrected chi connectivity index (χ0v) is 19.5. The van der Waals surface area contributed by atoms with Crippen LogP contribution in [0.1, 0.15) is 11.1 Å². The molecule has 3 aromatic carbocycles. The number of carbonyl (C=O) groups is 1. The lowest BCUT2D eigenvalue weighted by Crippen LogP contribution is -2.34. The van der Waals surface area contributed by atoms with Crippen LogP contribution in [-0.2, 0) is 4.79 Å². The van der Waals surface area contributed by atoms with Gasteiger partial charge >= 0.3 is 5.16 Å². The highest BCUT2D eigenvalue weighted by Crippen LogP contribution is 2.22. The van der Waals surface area contributed by atoms with Crippen LogP contribution in [0, 0.1) is 6.92 Å². The summed E-state index contributed by atoms with van der Waals surface area (Å²) in [5.41, 5.74) is 6.21. The molecule has 0 aliphatic rings. The lowest BCUT2D eigenvalue weighted by Gasteiger charge is -2.06. The molecule has 0 aliphatic heterocycles. The first-order valence-corrected chi connectivity index (χ1v) is 11.5. The number of hydrogen-bond donors (Lipinski definition) is 3. The van der Waals surface area contributed by atoms with Crippen LogP contribution in [0.2, 0.25) is 0 Å². The van der Waals surface area contributed by atoms with Crippen molar-refractivity contribution >= 4 is 23.9 Å². The van der Waals surface area contributed by atoms with Crippen molar-refractivity contribution in [3.63, 3.8) is 0 Å². The van der Waals surface area contributed by atoms with Gasteiger partial charge in [-0.25, -0.2) is 5.43 Å². The normalized spacial score (nSPS) is 11.0. The number of aryl methyl sites for hydroxylation is 1. The fourth-order valence-corrected chi connectivity index (χ4v) is 3.98. The molecule has 1 aromatic heterocycles. The number of aromatic nitrogens is 3. The Morgan fingerprint density at radius 2 is 1.94 bits per heavy atom. The topological polar surface area (TPSA) is 103 Å². The first kappa shape index (κ1) is 23.1. The summed E-state index contributed by atoms with van der Waals surface area (Å²) in [6.07, 6.45) is 1.48. The van der Waals surface area contributed by atoms with Crippen molar-refractivity contribution in [3.05, 3.63) is 83.9 Å². The molecule has 9 heteroatoms. The number of phenolic OH excluding ortho intramolecular Hbond substituents is 1. The molecule has 4 rings (SSSR count). The second-order valence-electron chi connectivity index (χ2n) is 7.43. The maximum atomic E-state index is 12.4. The predicted octanol–water partition coefficient (Wildman–Crippen LogP) is 3.62. The summed E-state index contributed by atoms with van der Waals surface area (Å²) in [5.74, 6) is 1.53. The molecule has 172 valence electrons. The van der Waals surface area contributed by atoms with E-state index in [0.717, 1.165) is 28.4 Å². The molecular weight excluding hydrogens is 450 g/mol. The van der Waals surface area contributed by atoms with Gasteiger partial charge in [-0.15, -0.1) is 5.10 Å². The van der Waals surface area contributed by atoms with Crippen LogP contribution in [0.15, 0.2) is 83.1 Å². The Hall–Kier alpha value is -4.11. The number of hydrazone groups is 1. The zero-order chi connectivity index (χ0) is 23.9. The minimum Gasteiger partial charge on any atom is -0.508 e. The lowest BCUT2D eigenvalue weighted by atomic mass is 10.1. The fraction of sp³-hybridized carbons (Fsp3) is 0.120. The number of benzene rings is 3. The van der Waals surface area contributed by atoms with E-state index in [1.54, 1.807) is 31.4 Å². The number of rotatable bonds is 8. The summed E-state index contributed by atoms with van der Waals surface area (Å²) in [7, 11) is 1.63. The van der Waals surface area contributed by atoms with Crippen molar-refractivity contribution < 1.29 is 19.2 Å². The van der Waals surface area contributed by atoms with Gasteiger partial charge in [-0.05, 0) is 72.8 Å². The second kappa shape index (κ2) is 10.7. The van der Waals surface area contributed by atoms with Crippen LogP contribution in [0.25, 0.3) is 17.1 Å². The molecule has 3 N–H and O–H groups in total. The smallest absolute Gasteiger partial charge is 0.342 e. The van der Waals surface area contributed by atoms with E-state index in [1.165, 1.54) is 18.0 Å². The highest BCUT2D eigenvalue weighted by Gasteiger charge is 2.24. The number of hydrogen-bond acceptors (Lipinski definition) is 6. The number of nitrogens with zero attached hydrogens (tertiary/aromatic N) is 3. The van der Waals surface area contributed by atoms with E-state index >= 15 is 0 Å². The molecule has 0 bridgehead atoms. The third-order valence-electron chi connectivity index (χ3n) is 4.93. The SMILES string of the molecule is COc1ccc(-[n+]2c(SCC(=O)N/N=C/c3cccc(O)c3)n[nH]c2-c2ccc(C)cc2)cc1. The minimum absolute atomic E-state index is 0.117. The minimum atomic E-state index is -0.275. The second-order valence-corrected chi connectivity index (χ2v) is 8.37. The number of aromatic hydroxyl groups is 1. The molecule has 0 unspecified atom stereocenters. The largest absolute Gasteiger partial charge is 0.508 e. The first-order chi connectivity index (χ1) is 16.5. The molecule has 0 radical (unpaired) electrons. The number of carbonyl (C=O) groups excluding carboxylic acids is 1. The van der Waals surface area contributed by atoms with Crippen LogP contribution >= 0.6 is 11.8 Å². The Labute approximate surface area is 201 Å². The molecule has 1 amide bonds. The van der Waals surface area contributed by atoms with Gasteiger partial charge in [0, 0.05) is 0 Å². The van der Waals surface area contributed by atoms with Crippen molar-refractivity contribution in [2.45, 2.75) is 12.1 Å². The van der Waals surface area contributed by atoms with Gasteiger partial charge in [0.1, 0.15) is 17.2 Å². The van der Waals surface area contributed by atoms with Crippen LogP contribution in [-0.4, -0.2) is 40.3 Å². The number of thioether (sulfide) groups is 1. The number of aromatic amines is 1. The summed E-state index contributed by atoms with van der Waals surface area (Å²) in [5, 5.41) is 21.7. The number of ether oxygens (including phenoxy) is 1. The first-order valence-electron chi connectivity index (χ1n) is 10.5. The van der Waals surface area contributed by atoms with Crippen molar-refractivity contribution in [2.75, 3.05) is 12.9 Å². The monoisotopic (exact) mass is 474 g/mol. The molecule has 8 nitrogen and oxygen atoms in total. The lowest BCUT2D eigenvalue weighted by molar-refractivity contribution is -0.625. The Balaban J connectivity index is 1.52. The average Bonchev–Trinajstić information content (AvgIpc) is 3.27. The van der Waals surface area contributed by atoms with Crippen molar-refractivity contribution in [1.29, 1.82) is 0 Å². The van der Waals surface area contributed by atoms with E-state index in [9.17, 15) is 9.90 Å². The number of H-pyrrole nitrogens is 1. The third-order valence-corrected chi connectivity index (χ3v) is 5.87. The van der Waals surface area contributed by atoms with Gasteiger partial charge in [-0.2, -0.15) is 9.67 Å². The number of nitrogens with one attached hydrogen (secondary N) is 2. The van der Waals surface area contributed by atoms with Gasteiger partial charge in [0.2, 0.25) is 0 Å². The van der Waals surface area contributed by atoms with Gasteiger partial charge in [0.25, 0.3) is 11.7 Å². The van der Waals surface area contributed by atoms with E-state index < -0.39 is 0 Å². The fourth-order valence-electron chi connectivity index (χ4n) is 3.22. The highest BCUT2D eigenvalue weighted by molar-refractivity contribution is 7.99. The maximum absolute atomic E-state index is 12.4. The molecule has 4 aromatic rings. The van der Waals surface area contributed by atoms with Crippen LogP contribution < -0.4 is 14.7 Å².